The summed E-state index contributed by atoms with van der Waals surface area (Å²) in [5.74, 6) is 0.904. The summed E-state index contributed by atoms with van der Waals surface area (Å²) in [4.78, 5) is 28.4. The van der Waals surface area contributed by atoms with Gasteiger partial charge in [0.15, 0.2) is 5.82 Å². The van der Waals surface area contributed by atoms with Gasteiger partial charge >= 0.3 is 0 Å². The predicted molar refractivity (Wildman–Crippen MR) is 103 cm³/mol. The van der Waals surface area contributed by atoms with Gasteiger partial charge in [-0.15, -0.1) is 0 Å². The summed E-state index contributed by atoms with van der Waals surface area (Å²) in [6, 6.07) is 6.80. The molecule has 1 aliphatic rings. The van der Waals surface area contributed by atoms with Gasteiger partial charge in [0, 0.05) is 42.3 Å². The summed E-state index contributed by atoms with van der Waals surface area (Å²) in [6.07, 6.45) is 0.238. The number of carbonyl (C=O) groups excluding carboxylic acids is 2. The smallest absolute Gasteiger partial charge is 0.239 e. The van der Waals surface area contributed by atoms with E-state index in [-0.39, 0.29) is 24.8 Å². The average molecular weight is 411 g/mol. The molecule has 0 radical (unpaired) electrons. The molecular formula is C18H20Cl2N4O3. The van der Waals surface area contributed by atoms with Crippen molar-refractivity contribution in [3.8, 4) is 0 Å². The van der Waals surface area contributed by atoms with Crippen LogP contribution in [0.5, 0.6) is 0 Å². The maximum absolute atomic E-state index is 12.5. The topological polar surface area (TPSA) is 78.7 Å². The molecule has 0 aliphatic carbocycles. The fourth-order valence-electron chi connectivity index (χ4n) is 2.91. The molecule has 3 rings (SSSR count). The zero-order valence-corrected chi connectivity index (χ0v) is 16.4. The molecule has 1 saturated heterocycles. The van der Waals surface area contributed by atoms with E-state index in [2.05, 4.69) is 10.5 Å². The van der Waals surface area contributed by atoms with Crippen LogP contribution in [0.25, 0.3) is 0 Å². The Morgan fingerprint density at radius 2 is 1.93 bits per heavy atom. The molecule has 1 aliphatic heterocycles. The first kappa shape index (κ1) is 19.7. The number of aryl methyl sites for hydroxylation is 1. The molecule has 1 aromatic carbocycles. The van der Waals surface area contributed by atoms with Crippen LogP contribution in [-0.4, -0.2) is 59.5 Å². The SMILES string of the molecule is Cc1cc(NC(=O)CN2CCN(C(=O)Cc3ccc(Cl)cc3Cl)CC2)no1. The van der Waals surface area contributed by atoms with Gasteiger partial charge in [-0.25, -0.2) is 0 Å². The Hall–Kier alpha value is -2.09. The van der Waals surface area contributed by atoms with Gasteiger partial charge in [0.2, 0.25) is 11.8 Å². The highest BCUT2D eigenvalue weighted by molar-refractivity contribution is 6.35. The number of anilines is 1. The van der Waals surface area contributed by atoms with E-state index in [9.17, 15) is 9.59 Å². The van der Waals surface area contributed by atoms with Gasteiger partial charge in [-0.3, -0.25) is 14.5 Å². The fourth-order valence-corrected chi connectivity index (χ4v) is 3.38. The summed E-state index contributed by atoms with van der Waals surface area (Å²) in [5, 5.41) is 7.47. The average Bonchev–Trinajstić information content (AvgIpc) is 3.02. The molecule has 7 nitrogen and oxygen atoms in total. The van der Waals surface area contributed by atoms with Crippen LogP contribution in [0.15, 0.2) is 28.8 Å². The third-order valence-corrected chi connectivity index (χ3v) is 4.93. The molecule has 144 valence electrons. The third-order valence-electron chi connectivity index (χ3n) is 4.34. The number of benzene rings is 1. The van der Waals surface area contributed by atoms with Crippen LogP contribution in [-0.2, 0) is 16.0 Å². The molecule has 0 saturated carbocycles. The van der Waals surface area contributed by atoms with Crippen molar-refractivity contribution < 1.29 is 14.1 Å². The second kappa shape index (κ2) is 8.73. The Bertz CT molecular complexity index is 832. The van der Waals surface area contributed by atoms with Gasteiger partial charge in [0.25, 0.3) is 0 Å². The Morgan fingerprint density at radius 3 is 2.56 bits per heavy atom. The van der Waals surface area contributed by atoms with E-state index in [0.717, 1.165) is 5.56 Å². The van der Waals surface area contributed by atoms with Gasteiger partial charge in [0.1, 0.15) is 5.76 Å². The van der Waals surface area contributed by atoms with Crippen LogP contribution in [0.3, 0.4) is 0 Å². The van der Waals surface area contributed by atoms with Crippen molar-refractivity contribution in [2.24, 2.45) is 0 Å². The maximum atomic E-state index is 12.5. The van der Waals surface area contributed by atoms with Crippen molar-refractivity contribution in [1.29, 1.82) is 0 Å². The summed E-state index contributed by atoms with van der Waals surface area (Å²) in [7, 11) is 0. The third kappa shape index (κ3) is 5.45. The lowest BCUT2D eigenvalue weighted by atomic mass is 10.1. The van der Waals surface area contributed by atoms with Crippen molar-refractivity contribution in [1.82, 2.24) is 15.0 Å². The van der Waals surface area contributed by atoms with E-state index in [4.69, 9.17) is 27.7 Å². The van der Waals surface area contributed by atoms with Crippen LogP contribution in [0, 0.1) is 6.92 Å². The molecule has 0 atom stereocenters. The molecule has 1 aromatic heterocycles. The lowest BCUT2D eigenvalue weighted by molar-refractivity contribution is -0.132. The van der Waals surface area contributed by atoms with Crippen LogP contribution >= 0.6 is 23.2 Å². The highest BCUT2D eigenvalue weighted by atomic mass is 35.5. The molecule has 9 heteroatoms. The van der Waals surface area contributed by atoms with Crippen LogP contribution in [0.4, 0.5) is 5.82 Å². The molecular weight excluding hydrogens is 391 g/mol. The van der Waals surface area contributed by atoms with Gasteiger partial charge in [0.05, 0.1) is 13.0 Å². The van der Waals surface area contributed by atoms with Crippen molar-refractivity contribution in [2.75, 3.05) is 38.0 Å². The molecule has 0 unspecified atom stereocenters. The van der Waals surface area contributed by atoms with E-state index in [1.165, 1.54) is 0 Å². The normalized spacial score (nSPS) is 15.0. The van der Waals surface area contributed by atoms with Crippen molar-refractivity contribution in [3.63, 3.8) is 0 Å². The lowest BCUT2D eigenvalue weighted by Gasteiger charge is -2.34. The number of hydrogen-bond acceptors (Lipinski definition) is 5. The molecule has 2 aromatic rings. The second-order valence-corrected chi connectivity index (χ2v) is 7.28. The highest BCUT2D eigenvalue weighted by Gasteiger charge is 2.23. The number of carbonyl (C=O) groups is 2. The van der Waals surface area contributed by atoms with E-state index < -0.39 is 0 Å². The van der Waals surface area contributed by atoms with Crippen LogP contribution in [0.1, 0.15) is 11.3 Å². The zero-order chi connectivity index (χ0) is 19.4. The zero-order valence-electron chi connectivity index (χ0n) is 14.9. The number of nitrogens with zero attached hydrogens (tertiary/aromatic N) is 3. The number of halogens is 2. The number of aromatic nitrogens is 1. The highest BCUT2D eigenvalue weighted by Crippen LogP contribution is 2.22. The number of rotatable bonds is 5. The van der Waals surface area contributed by atoms with Crippen molar-refractivity contribution in [2.45, 2.75) is 13.3 Å². The monoisotopic (exact) mass is 410 g/mol. The van der Waals surface area contributed by atoms with Crippen LogP contribution < -0.4 is 5.32 Å². The number of nitrogens with one attached hydrogen (secondary N) is 1. The number of piperazine rings is 1. The standard InChI is InChI=1S/C18H20Cl2N4O3/c1-12-8-16(22-27-12)21-17(25)11-23-4-6-24(7-5-23)18(26)9-13-2-3-14(19)10-15(13)20/h2-3,8,10H,4-7,9,11H2,1H3,(H,21,22,25). The summed E-state index contributed by atoms with van der Waals surface area (Å²) in [5.41, 5.74) is 0.760. The molecule has 1 fully saturated rings. The van der Waals surface area contributed by atoms with E-state index in [1.54, 1.807) is 36.1 Å². The fraction of sp³-hybridized carbons (Fsp3) is 0.389. The molecule has 1 N–H and O–H groups in total. The molecule has 2 amide bonds. The molecule has 27 heavy (non-hydrogen) atoms. The van der Waals surface area contributed by atoms with Gasteiger partial charge in [-0.05, 0) is 24.6 Å². The Morgan fingerprint density at radius 1 is 1.19 bits per heavy atom. The first-order chi connectivity index (χ1) is 12.9. The molecule has 0 bridgehead atoms. The second-order valence-electron chi connectivity index (χ2n) is 6.44. The summed E-state index contributed by atoms with van der Waals surface area (Å²) < 4.78 is 4.92. The van der Waals surface area contributed by atoms with Crippen molar-refractivity contribution in [3.05, 3.63) is 45.6 Å². The Kier molecular flexibility index (Phi) is 6.36. The predicted octanol–water partition coefficient (Wildman–Crippen LogP) is 2.62. The van der Waals surface area contributed by atoms with Crippen molar-refractivity contribution >= 4 is 40.8 Å². The van der Waals surface area contributed by atoms with Gasteiger partial charge in [-0.2, -0.15) is 0 Å². The summed E-state index contributed by atoms with van der Waals surface area (Å²) in [6.45, 7) is 4.41. The van der Waals surface area contributed by atoms with E-state index in [1.807, 2.05) is 4.90 Å². The quantitative estimate of drug-likeness (QED) is 0.819. The number of hydrogen-bond donors (Lipinski definition) is 1. The van der Waals surface area contributed by atoms with Crippen LogP contribution in [0.2, 0.25) is 10.0 Å². The largest absolute Gasteiger partial charge is 0.360 e. The summed E-state index contributed by atoms with van der Waals surface area (Å²) >= 11 is 12.0. The first-order valence-electron chi connectivity index (χ1n) is 8.58. The van der Waals surface area contributed by atoms with Gasteiger partial charge < -0.3 is 14.7 Å². The first-order valence-corrected chi connectivity index (χ1v) is 9.33. The minimum Gasteiger partial charge on any atom is -0.360 e. The number of amides is 2. The lowest BCUT2D eigenvalue weighted by Crippen LogP contribution is -2.50. The van der Waals surface area contributed by atoms with Gasteiger partial charge in [-0.1, -0.05) is 34.4 Å². The Labute approximate surface area is 167 Å². The minimum atomic E-state index is -0.156. The maximum Gasteiger partial charge on any atom is 0.239 e. The molecule has 2 heterocycles. The van der Waals surface area contributed by atoms with E-state index in [0.29, 0.717) is 47.8 Å². The minimum absolute atomic E-state index is 0.0152. The van der Waals surface area contributed by atoms with E-state index >= 15 is 0 Å². The Balaban J connectivity index is 1.45. The molecule has 0 spiro atoms.